The first-order valence-corrected chi connectivity index (χ1v) is 14.1. The lowest BCUT2D eigenvalue weighted by Gasteiger charge is -2.42. The topological polar surface area (TPSA) is 140 Å². The van der Waals surface area contributed by atoms with E-state index in [0.717, 1.165) is 47.8 Å². The zero-order valence-electron chi connectivity index (χ0n) is 23.3. The maximum atomic E-state index is 14.0. The number of rotatable bonds is 11. The van der Waals surface area contributed by atoms with Crippen LogP contribution in [-0.4, -0.2) is 79.6 Å². The average molecular weight is 617 g/mol. The van der Waals surface area contributed by atoms with Crippen molar-refractivity contribution >= 4 is 22.8 Å². The van der Waals surface area contributed by atoms with E-state index in [1.165, 1.54) is 10.9 Å². The van der Waals surface area contributed by atoms with E-state index in [1.54, 1.807) is 0 Å². The van der Waals surface area contributed by atoms with Crippen LogP contribution in [-0.2, 0) is 29.0 Å². The number of benzene rings is 1. The molecular weight excluding hydrogens is 588 g/mol. The molecule has 44 heavy (non-hydrogen) atoms. The number of alkyl halides is 3. The third-order valence-corrected chi connectivity index (χ3v) is 7.60. The highest BCUT2D eigenvalue weighted by Crippen LogP contribution is 2.31. The van der Waals surface area contributed by atoms with Crippen LogP contribution in [0.5, 0.6) is 5.75 Å². The zero-order chi connectivity index (χ0) is 30.8. The van der Waals surface area contributed by atoms with Crippen molar-refractivity contribution in [3.8, 4) is 5.75 Å². The number of nitrogens with one attached hydrogen (secondary N) is 2. The fourth-order valence-electron chi connectivity index (χ4n) is 5.07. The second-order valence-corrected chi connectivity index (χ2v) is 10.8. The molecule has 2 amide bonds. The van der Waals surface area contributed by atoms with Gasteiger partial charge in [-0.25, -0.2) is 4.39 Å². The summed E-state index contributed by atoms with van der Waals surface area (Å²) in [4.78, 5) is 29.9. The SMILES string of the molecule is O=C(NCc1cc(OC(F)(F)F)ccc1F)c1cn(CCCCc2cc3cc(C4CN(C(=O)C5COC5)C4)[nH]c3nn2)nn1. The summed E-state index contributed by atoms with van der Waals surface area (Å²) in [6.45, 7) is 2.51. The van der Waals surface area contributed by atoms with Gasteiger partial charge in [0.2, 0.25) is 5.91 Å². The van der Waals surface area contributed by atoms with Gasteiger partial charge in [-0.2, -0.15) is 5.10 Å². The van der Waals surface area contributed by atoms with Crippen LogP contribution in [0, 0.1) is 11.7 Å². The Labute approximate surface area is 247 Å². The Morgan fingerprint density at radius 1 is 1.09 bits per heavy atom. The molecule has 4 aromatic rings. The number of carbonyl (C=O) groups is 2. The molecule has 2 fully saturated rings. The van der Waals surface area contributed by atoms with Crippen LogP contribution in [0.15, 0.2) is 36.5 Å². The zero-order valence-corrected chi connectivity index (χ0v) is 23.3. The van der Waals surface area contributed by atoms with Crippen molar-refractivity contribution in [2.24, 2.45) is 5.92 Å². The summed E-state index contributed by atoms with van der Waals surface area (Å²) >= 11 is 0. The third kappa shape index (κ3) is 6.79. The molecule has 2 aliphatic rings. The standard InChI is InChI=1S/C28H28F4N8O4/c29-22-5-4-21(44-28(30,31)32)8-17(22)10-33-26(41)24-13-40(38-36-24)6-2-1-3-20-7-16-9-23(34-25(16)37-35-20)18-11-39(12-18)27(42)19-14-43-15-19/h4-5,7-9,13,18-19H,1-3,6,10-12,14-15H2,(H,33,41)(H,34,37). The van der Waals surface area contributed by atoms with E-state index < -0.39 is 23.8 Å². The quantitative estimate of drug-likeness (QED) is 0.194. The van der Waals surface area contributed by atoms with Crippen LogP contribution in [0.3, 0.4) is 0 Å². The van der Waals surface area contributed by atoms with E-state index in [4.69, 9.17) is 4.74 Å². The van der Waals surface area contributed by atoms with E-state index in [-0.39, 0.29) is 35.5 Å². The van der Waals surface area contributed by atoms with Gasteiger partial charge >= 0.3 is 6.36 Å². The largest absolute Gasteiger partial charge is 0.573 e. The van der Waals surface area contributed by atoms with Crippen molar-refractivity contribution < 1.29 is 36.6 Å². The van der Waals surface area contributed by atoms with Crippen LogP contribution in [0.2, 0.25) is 0 Å². The maximum absolute atomic E-state index is 14.0. The molecule has 0 bridgehead atoms. The molecule has 16 heteroatoms. The highest BCUT2D eigenvalue weighted by Gasteiger charge is 2.38. The van der Waals surface area contributed by atoms with Gasteiger partial charge in [0.1, 0.15) is 11.6 Å². The minimum Gasteiger partial charge on any atom is -0.406 e. The third-order valence-electron chi connectivity index (χ3n) is 7.60. The van der Waals surface area contributed by atoms with Crippen LogP contribution >= 0.6 is 0 Å². The van der Waals surface area contributed by atoms with Gasteiger partial charge in [-0.3, -0.25) is 14.3 Å². The monoisotopic (exact) mass is 616 g/mol. The second kappa shape index (κ2) is 12.2. The molecule has 0 aliphatic carbocycles. The number of likely N-dealkylation sites (tertiary alicyclic amines) is 1. The smallest absolute Gasteiger partial charge is 0.406 e. The predicted molar refractivity (Wildman–Crippen MR) is 145 cm³/mol. The van der Waals surface area contributed by atoms with Gasteiger partial charge < -0.3 is 24.7 Å². The summed E-state index contributed by atoms with van der Waals surface area (Å²) in [5, 5.41) is 19.8. The van der Waals surface area contributed by atoms with Crippen molar-refractivity contribution in [1.29, 1.82) is 0 Å². The lowest BCUT2D eigenvalue weighted by Crippen LogP contribution is -2.54. The number of aromatic nitrogens is 6. The van der Waals surface area contributed by atoms with Crippen molar-refractivity contribution in [2.45, 2.75) is 44.6 Å². The molecule has 5 heterocycles. The number of fused-ring (bicyclic) bond motifs is 1. The van der Waals surface area contributed by atoms with Crippen molar-refractivity contribution in [3.05, 3.63) is 65.0 Å². The van der Waals surface area contributed by atoms with E-state index >= 15 is 0 Å². The molecule has 232 valence electrons. The lowest BCUT2D eigenvalue weighted by molar-refractivity contribution is -0.274. The Bertz CT molecular complexity index is 1660. The number of nitrogens with zero attached hydrogens (tertiary/aromatic N) is 6. The predicted octanol–water partition coefficient (Wildman–Crippen LogP) is 3.11. The van der Waals surface area contributed by atoms with E-state index in [9.17, 15) is 27.2 Å². The van der Waals surface area contributed by atoms with Crippen LogP contribution < -0.4 is 10.1 Å². The fraction of sp³-hybridized carbons (Fsp3) is 0.429. The molecule has 2 aliphatic heterocycles. The number of amides is 2. The Morgan fingerprint density at radius 2 is 1.91 bits per heavy atom. The number of hydrogen-bond donors (Lipinski definition) is 2. The molecule has 0 saturated carbocycles. The Hall–Kier alpha value is -4.60. The van der Waals surface area contributed by atoms with Crippen molar-refractivity contribution in [3.63, 3.8) is 0 Å². The first-order valence-electron chi connectivity index (χ1n) is 14.1. The highest BCUT2D eigenvalue weighted by atomic mass is 19.4. The number of hydrogen-bond acceptors (Lipinski definition) is 8. The van der Waals surface area contributed by atoms with Crippen LogP contribution in [0.1, 0.15) is 46.2 Å². The van der Waals surface area contributed by atoms with Gasteiger partial charge in [0.15, 0.2) is 11.3 Å². The van der Waals surface area contributed by atoms with Crippen molar-refractivity contribution in [2.75, 3.05) is 26.3 Å². The fourth-order valence-corrected chi connectivity index (χ4v) is 5.07. The number of carbonyl (C=O) groups excluding carboxylic acids is 2. The second-order valence-electron chi connectivity index (χ2n) is 10.8. The minimum absolute atomic E-state index is 0.0000616. The summed E-state index contributed by atoms with van der Waals surface area (Å²) in [6.07, 6.45) is -1.30. The molecule has 0 atom stereocenters. The summed E-state index contributed by atoms with van der Waals surface area (Å²) < 4.78 is 61.7. The van der Waals surface area contributed by atoms with Crippen molar-refractivity contribution in [1.82, 2.24) is 40.4 Å². The number of ether oxygens (including phenoxy) is 2. The molecular formula is C28H28F4N8O4. The molecule has 1 aromatic carbocycles. The molecule has 6 rings (SSSR count). The Balaban J connectivity index is 0.942. The lowest BCUT2D eigenvalue weighted by atomic mass is 9.93. The molecule has 3 aromatic heterocycles. The number of aromatic amines is 1. The molecule has 0 unspecified atom stereocenters. The van der Waals surface area contributed by atoms with Crippen LogP contribution in [0.25, 0.3) is 11.0 Å². The van der Waals surface area contributed by atoms with Gasteiger partial charge in [-0.05, 0) is 49.6 Å². The number of unbranched alkanes of at least 4 members (excludes halogenated alkanes) is 1. The minimum atomic E-state index is -4.92. The average Bonchev–Trinajstić information content (AvgIpc) is 3.55. The molecule has 12 nitrogen and oxygen atoms in total. The van der Waals surface area contributed by atoms with E-state index in [2.05, 4.69) is 41.6 Å². The maximum Gasteiger partial charge on any atom is 0.573 e. The normalized spacial score (nSPS) is 15.7. The van der Waals surface area contributed by atoms with Gasteiger partial charge in [0.05, 0.1) is 31.0 Å². The number of aryl methyl sites for hydroxylation is 2. The Kier molecular flexibility index (Phi) is 8.16. The summed E-state index contributed by atoms with van der Waals surface area (Å²) in [7, 11) is 0. The summed E-state index contributed by atoms with van der Waals surface area (Å²) in [5.41, 5.74) is 2.41. The van der Waals surface area contributed by atoms with Gasteiger partial charge in [-0.15, -0.1) is 23.4 Å². The number of halogens is 4. The first kappa shape index (κ1) is 29.5. The van der Waals surface area contributed by atoms with Gasteiger partial charge in [0.25, 0.3) is 5.91 Å². The summed E-state index contributed by atoms with van der Waals surface area (Å²) in [6, 6.07) is 6.62. The summed E-state index contributed by atoms with van der Waals surface area (Å²) in [5.74, 6) is -1.62. The molecule has 2 N–H and O–H groups in total. The number of H-pyrrole nitrogens is 1. The highest BCUT2D eigenvalue weighted by molar-refractivity contribution is 5.91. The Morgan fingerprint density at radius 3 is 2.66 bits per heavy atom. The van der Waals surface area contributed by atoms with E-state index in [0.29, 0.717) is 44.9 Å². The van der Waals surface area contributed by atoms with Gasteiger partial charge in [-0.1, -0.05) is 5.21 Å². The van der Waals surface area contributed by atoms with Crippen LogP contribution in [0.4, 0.5) is 17.6 Å². The van der Waals surface area contributed by atoms with E-state index in [1.807, 2.05) is 11.0 Å². The van der Waals surface area contributed by atoms with Gasteiger partial charge in [0, 0.05) is 48.7 Å². The molecule has 0 spiro atoms. The molecule has 2 saturated heterocycles. The first-order chi connectivity index (χ1) is 21.1. The molecule has 0 radical (unpaired) electrons.